The molecule has 0 aliphatic heterocycles. The molecule has 0 saturated heterocycles. The van der Waals surface area contributed by atoms with Gasteiger partial charge in [-0.3, -0.25) is 9.59 Å². The highest BCUT2D eigenvalue weighted by Gasteiger charge is 2.12. The Bertz CT molecular complexity index is 427. The third-order valence-corrected chi connectivity index (χ3v) is 1.44. The van der Waals surface area contributed by atoms with Gasteiger partial charge < -0.3 is 20.0 Å². The van der Waals surface area contributed by atoms with E-state index < -0.39 is 29.1 Å². The van der Waals surface area contributed by atoms with Gasteiger partial charge in [0, 0.05) is 6.07 Å². The smallest absolute Gasteiger partial charge is 0.363 e. The maximum absolute atomic E-state index is 10.9. The number of hydrogen-bond donors (Lipinski definition) is 1. The molecular weight excluding hydrogens is 220 g/mol. The molecule has 1 heterocycles. The molecule has 0 fully saturated rings. The number of carbonyl (C=O) groups is 2. The molecule has 1 aromatic heterocycles. The van der Waals surface area contributed by atoms with Crippen LogP contribution in [0, 0.1) is 10.1 Å². The van der Waals surface area contributed by atoms with E-state index in [0.717, 1.165) is 18.3 Å². The van der Waals surface area contributed by atoms with Crippen molar-refractivity contribution >= 4 is 17.8 Å². The number of nitro groups is 1. The Labute approximate surface area is 88.6 Å². The molecule has 0 bridgehead atoms. The summed E-state index contributed by atoms with van der Waals surface area (Å²) in [6, 6.07) is 2.20. The Kier molecular flexibility index (Phi) is 3.49. The first-order valence-electron chi connectivity index (χ1n) is 4.02. The molecule has 1 aromatic rings. The van der Waals surface area contributed by atoms with E-state index >= 15 is 0 Å². The number of carboxylic acids is 1. The molecule has 16 heavy (non-hydrogen) atoms. The summed E-state index contributed by atoms with van der Waals surface area (Å²) in [6.45, 7) is 0. The van der Waals surface area contributed by atoms with Gasteiger partial charge in [0.1, 0.15) is 6.42 Å². The van der Waals surface area contributed by atoms with Crippen LogP contribution in [-0.2, 0) is 9.59 Å². The van der Waals surface area contributed by atoms with E-state index in [1.54, 1.807) is 0 Å². The van der Waals surface area contributed by atoms with E-state index in [0.29, 0.717) is 0 Å². The molecular formula is C8H6N2O6. The first kappa shape index (κ1) is 11.6. The van der Waals surface area contributed by atoms with Crippen molar-refractivity contribution in [3.8, 4) is 5.75 Å². The lowest BCUT2D eigenvalue weighted by molar-refractivity contribution is -0.389. The number of aromatic nitrogens is 1. The molecule has 0 unspecified atom stereocenters. The number of aliphatic carboxylic acids is 1. The van der Waals surface area contributed by atoms with E-state index in [1.165, 1.54) is 0 Å². The molecule has 1 rings (SSSR count). The van der Waals surface area contributed by atoms with Crippen LogP contribution >= 0.6 is 0 Å². The van der Waals surface area contributed by atoms with E-state index in [9.17, 15) is 19.7 Å². The number of carboxylic acid groups (broad SMARTS) is 1. The number of hydrogen-bond acceptors (Lipinski definition) is 6. The van der Waals surface area contributed by atoms with Crippen molar-refractivity contribution in [1.82, 2.24) is 4.98 Å². The lowest BCUT2D eigenvalue weighted by Gasteiger charge is -1.99. The van der Waals surface area contributed by atoms with Gasteiger partial charge in [0.25, 0.3) is 0 Å². The quantitative estimate of drug-likeness (QED) is 0.340. The minimum atomic E-state index is -1.32. The van der Waals surface area contributed by atoms with Gasteiger partial charge in [0.05, 0.1) is 0 Å². The van der Waals surface area contributed by atoms with Crippen LogP contribution in [0.25, 0.3) is 0 Å². The Morgan fingerprint density at radius 2 is 2.19 bits per heavy atom. The minimum absolute atomic E-state index is 0.0446. The minimum Gasteiger partial charge on any atom is -0.481 e. The number of nitrogens with zero attached hydrogens (tertiary/aromatic N) is 2. The molecule has 8 nitrogen and oxygen atoms in total. The number of ether oxygens (including phenoxy) is 1. The Hall–Kier alpha value is -2.51. The van der Waals surface area contributed by atoms with Crippen LogP contribution in [0.3, 0.4) is 0 Å². The monoisotopic (exact) mass is 226 g/mol. The highest BCUT2D eigenvalue weighted by molar-refractivity contribution is 5.91. The molecule has 0 aromatic carbocycles. The van der Waals surface area contributed by atoms with Gasteiger partial charge in [-0.25, -0.2) is 0 Å². The topological polar surface area (TPSA) is 120 Å². The molecule has 0 aliphatic rings. The zero-order chi connectivity index (χ0) is 12.1. The van der Waals surface area contributed by atoms with Crippen LogP contribution in [0.2, 0.25) is 0 Å². The van der Waals surface area contributed by atoms with Gasteiger partial charge in [-0.05, 0) is 16.0 Å². The fourth-order valence-electron chi connectivity index (χ4n) is 0.832. The van der Waals surface area contributed by atoms with E-state index in [4.69, 9.17) is 5.11 Å². The summed E-state index contributed by atoms with van der Waals surface area (Å²) in [5, 5.41) is 18.5. The standard InChI is InChI=1S/C8H6N2O6/c11-7(12)3-8(13)16-5-1-2-6(9-4-5)10(14)15/h1-2,4H,3H2,(H,11,12). The summed E-state index contributed by atoms with van der Waals surface area (Å²) in [5.41, 5.74) is 0. The van der Waals surface area contributed by atoms with Gasteiger partial charge >= 0.3 is 17.8 Å². The summed E-state index contributed by atoms with van der Waals surface area (Å²) >= 11 is 0. The number of rotatable bonds is 4. The number of esters is 1. The van der Waals surface area contributed by atoms with Gasteiger partial charge in [-0.1, -0.05) is 0 Å². The van der Waals surface area contributed by atoms with Crippen molar-refractivity contribution in [1.29, 1.82) is 0 Å². The second kappa shape index (κ2) is 4.82. The first-order valence-corrected chi connectivity index (χ1v) is 4.02. The zero-order valence-electron chi connectivity index (χ0n) is 7.82. The third kappa shape index (κ3) is 3.33. The molecule has 0 aliphatic carbocycles. The van der Waals surface area contributed by atoms with Crippen molar-refractivity contribution in [2.45, 2.75) is 6.42 Å². The third-order valence-electron chi connectivity index (χ3n) is 1.44. The zero-order valence-corrected chi connectivity index (χ0v) is 7.82. The summed E-state index contributed by atoms with van der Waals surface area (Å²) in [4.78, 5) is 33.9. The fraction of sp³-hybridized carbons (Fsp3) is 0.125. The Balaban J connectivity index is 2.65. The van der Waals surface area contributed by atoms with Crippen LogP contribution in [0.5, 0.6) is 5.75 Å². The maximum atomic E-state index is 10.9. The van der Waals surface area contributed by atoms with Crippen LogP contribution in [0.1, 0.15) is 6.42 Å². The highest BCUT2D eigenvalue weighted by atomic mass is 16.6. The van der Waals surface area contributed by atoms with E-state index in [2.05, 4.69) is 9.72 Å². The van der Waals surface area contributed by atoms with Crippen molar-refractivity contribution < 1.29 is 24.4 Å². The van der Waals surface area contributed by atoms with Crippen LogP contribution in [0.4, 0.5) is 5.82 Å². The second-order valence-corrected chi connectivity index (χ2v) is 2.65. The van der Waals surface area contributed by atoms with Crippen molar-refractivity contribution in [2.24, 2.45) is 0 Å². The van der Waals surface area contributed by atoms with E-state index in [1.807, 2.05) is 0 Å². The largest absolute Gasteiger partial charge is 0.481 e. The van der Waals surface area contributed by atoms with Gasteiger partial charge in [-0.15, -0.1) is 0 Å². The Morgan fingerprint density at radius 3 is 2.62 bits per heavy atom. The molecule has 1 N–H and O–H groups in total. The molecule has 0 spiro atoms. The van der Waals surface area contributed by atoms with Crippen molar-refractivity contribution in [3.05, 3.63) is 28.4 Å². The van der Waals surface area contributed by atoms with Crippen molar-refractivity contribution in [2.75, 3.05) is 0 Å². The number of pyridine rings is 1. The molecule has 0 saturated carbocycles. The maximum Gasteiger partial charge on any atom is 0.363 e. The molecule has 0 amide bonds. The van der Waals surface area contributed by atoms with Gasteiger partial charge in [0.2, 0.25) is 0 Å². The summed E-state index contributed by atoms with van der Waals surface area (Å²) in [7, 11) is 0. The van der Waals surface area contributed by atoms with Crippen LogP contribution in [-0.4, -0.2) is 27.0 Å². The summed E-state index contributed by atoms with van der Waals surface area (Å²) in [6.07, 6.45) is 0.189. The lowest BCUT2D eigenvalue weighted by Crippen LogP contribution is -2.13. The molecule has 84 valence electrons. The fourth-order valence-corrected chi connectivity index (χ4v) is 0.832. The van der Waals surface area contributed by atoms with Crippen LogP contribution < -0.4 is 4.74 Å². The predicted molar refractivity (Wildman–Crippen MR) is 48.8 cm³/mol. The second-order valence-electron chi connectivity index (χ2n) is 2.65. The Morgan fingerprint density at radius 1 is 1.50 bits per heavy atom. The van der Waals surface area contributed by atoms with Gasteiger partial charge in [0.15, 0.2) is 11.9 Å². The average molecular weight is 226 g/mol. The van der Waals surface area contributed by atoms with Crippen molar-refractivity contribution in [3.63, 3.8) is 0 Å². The molecule has 0 radical (unpaired) electrons. The lowest BCUT2D eigenvalue weighted by atomic mass is 10.4. The first-order chi connectivity index (χ1) is 7.49. The number of carbonyl (C=O) groups excluding carboxylic acids is 1. The SMILES string of the molecule is O=C(O)CC(=O)Oc1ccc([N+](=O)[O-])nc1. The average Bonchev–Trinajstić information content (AvgIpc) is 2.16. The molecule has 0 atom stereocenters. The summed E-state index contributed by atoms with van der Waals surface area (Å²) < 4.78 is 4.56. The van der Waals surface area contributed by atoms with E-state index in [-0.39, 0.29) is 5.75 Å². The highest BCUT2D eigenvalue weighted by Crippen LogP contribution is 2.13. The molecule has 8 heteroatoms. The normalized spacial score (nSPS) is 9.50. The van der Waals surface area contributed by atoms with Crippen LogP contribution in [0.15, 0.2) is 18.3 Å². The predicted octanol–water partition coefficient (Wildman–Crippen LogP) is 0.370. The summed E-state index contributed by atoms with van der Waals surface area (Å²) in [5.74, 6) is -2.72. The van der Waals surface area contributed by atoms with Gasteiger partial charge in [-0.2, -0.15) is 0 Å².